The summed E-state index contributed by atoms with van der Waals surface area (Å²) in [5, 5.41) is 0. The van der Waals surface area contributed by atoms with Crippen LogP contribution in [0.3, 0.4) is 0 Å². The molecule has 2 fully saturated rings. The predicted molar refractivity (Wildman–Crippen MR) is 105 cm³/mol. The Hall–Kier alpha value is -1.85. The zero-order valence-electron chi connectivity index (χ0n) is 16.3. The van der Waals surface area contributed by atoms with Gasteiger partial charge in [-0.1, -0.05) is 24.3 Å². The molecule has 0 N–H and O–H groups in total. The van der Waals surface area contributed by atoms with Crippen LogP contribution in [-0.4, -0.2) is 80.1 Å². The molecule has 1 spiro atoms. The van der Waals surface area contributed by atoms with Gasteiger partial charge in [0.1, 0.15) is 5.75 Å². The molecule has 0 unspecified atom stereocenters. The van der Waals surface area contributed by atoms with Gasteiger partial charge in [-0.2, -0.15) is 0 Å². The van der Waals surface area contributed by atoms with Crippen molar-refractivity contribution in [2.75, 3.05) is 53.9 Å². The summed E-state index contributed by atoms with van der Waals surface area (Å²) in [6.07, 6.45) is 7.11. The van der Waals surface area contributed by atoms with Crippen LogP contribution in [0.2, 0.25) is 0 Å². The van der Waals surface area contributed by atoms with E-state index in [2.05, 4.69) is 41.1 Å². The first-order valence-electron chi connectivity index (χ1n) is 9.51. The van der Waals surface area contributed by atoms with Crippen molar-refractivity contribution in [3.05, 3.63) is 35.9 Å². The lowest BCUT2D eigenvalue weighted by Crippen LogP contribution is -2.61. The number of piperazine rings is 1. The van der Waals surface area contributed by atoms with Gasteiger partial charge >= 0.3 is 0 Å². The second-order valence-electron chi connectivity index (χ2n) is 7.62. The molecule has 1 atom stereocenters. The maximum absolute atomic E-state index is 12.1. The molecule has 5 nitrogen and oxygen atoms in total. The summed E-state index contributed by atoms with van der Waals surface area (Å²) in [7, 11) is 5.84. The fourth-order valence-corrected chi connectivity index (χ4v) is 4.05. The third-order valence-corrected chi connectivity index (χ3v) is 6.01. The van der Waals surface area contributed by atoms with E-state index in [-0.39, 0.29) is 11.4 Å². The molecule has 0 aliphatic carbocycles. The van der Waals surface area contributed by atoms with Gasteiger partial charge in [-0.05, 0) is 37.6 Å². The van der Waals surface area contributed by atoms with Gasteiger partial charge in [-0.15, -0.1) is 0 Å². The summed E-state index contributed by atoms with van der Waals surface area (Å²) >= 11 is 0. The highest BCUT2D eigenvalue weighted by molar-refractivity contribution is 5.76. The minimum absolute atomic E-state index is 0.132. The molecule has 1 aromatic carbocycles. The summed E-state index contributed by atoms with van der Waals surface area (Å²) < 4.78 is 5.20. The minimum atomic E-state index is 0.132. The summed E-state index contributed by atoms with van der Waals surface area (Å²) in [4.78, 5) is 19.0. The highest BCUT2D eigenvalue weighted by atomic mass is 16.5. The van der Waals surface area contributed by atoms with Crippen molar-refractivity contribution in [2.45, 2.75) is 24.8 Å². The third kappa shape index (κ3) is 4.27. The van der Waals surface area contributed by atoms with Gasteiger partial charge in [-0.25, -0.2) is 0 Å². The Morgan fingerprint density at radius 1 is 1.12 bits per heavy atom. The number of amides is 1. The Morgan fingerprint density at radius 3 is 2.62 bits per heavy atom. The normalized spacial score (nSPS) is 25.8. The first kappa shape index (κ1) is 18.9. The Balaban J connectivity index is 1.60. The van der Waals surface area contributed by atoms with Crippen molar-refractivity contribution < 1.29 is 9.53 Å². The van der Waals surface area contributed by atoms with Crippen molar-refractivity contribution in [1.82, 2.24) is 14.7 Å². The minimum Gasteiger partial charge on any atom is -0.497 e. The summed E-state index contributed by atoms with van der Waals surface area (Å²) in [5.41, 5.74) is 1.32. The van der Waals surface area contributed by atoms with Crippen molar-refractivity contribution >= 4 is 12.0 Å². The van der Waals surface area contributed by atoms with Crippen LogP contribution in [0.25, 0.3) is 6.08 Å². The molecule has 0 radical (unpaired) electrons. The van der Waals surface area contributed by atoms with Crippen molar-refractivity contribution in [1.29, 1.82) is 0 Å². The Bertz CT molecular complexity index is 643. The van der Waals surface area contributed by atoms with Gasteiger partial charge in [0.2, 0.25) is 5.91 Å². The number of benzene rings is 1. The smallest absolute Gasteiger partial charge is 0.222 e. The topological polar surface area (TPSA) is 36.0 Å². The molecular formula is C21H31N3O2. The van der Waals surface area contributed by atoms with Gasteiger partial charge in [0.25, 0.3) is 0 Å². The van der Waals surface area contributed by atoms with Crippen molar-refractivity contribution in [2.24, 2.45) is 0 Å². The molecular weight excluding hydrogens is 326 g/mol. The molecule has 1 amide bonds. The lowest BCUT2D eigenvalue weighted by molar-refractivity contribution is -0.129. The van der Waals surface area contributed by atoms with Gasteiger partial charge in [0, 0.05) is 51.7 Å². The van der Waals surface area contributed by atoms with E-state index in [0.717, 1.165) is 51.3 Å². The molecule has 1 aromatic rings. The van der Waals surface area contributed by atoms with Crippen LogP contribution in [0.4, 0.5) is 0 Å². The zero-order chi connectivity index (χ0) is 18.6. The van der Waals surface area contributed by atoms with Gasteiger partial charge < -0.3 is 9.64 Å². The summed E-state index contributed by atoms with van der Waals surface area (Å²) in [6, 6.07) is 8.13. The molecule has 0 saturated carbocycles. The molecule has 5 heteroatoms. The van der Waals surface area contributed by atoms with E-state index in [1.54, 1.807) is 7.11 Å². The van der Waals surface area contributed by atoms with Gasteiger partial charge in [0.15, 0.2) is 0 Å². The molecule has 0 bridgehead atoms. The van der Waals surface area contributed by atoms with Crippen LogP contribution in [0.5, 0.6) is 5.75 Å². The number of ether oxygens (including phenoxy) is 1. The van der Waals surface area contributed by atoms with Crippen LogP contribution >= 0.6 is 0 Å². The number of methoxy groups -OCH3 is 1. The van der Waals surface area contributed by atoms with Crippen LogP contribution < -0.4 is 4.74 Å². The van der Waals surface area contributed by atoms with Crippen molar-refractivity contribution in [3.63, 3.8) is 0 Å². The third-order valence-electron chi connectivity index (χ3n) is 6.01. The zero-order valence-corrected chi connectivity index (χ0v) is 16.3. The SMILES string of the molecule is COc1ccc(/C=C/CN2CCN(C)[C@@]3(CCC(=O)N(C)CC3)C2)cc1. The van der Waals surface area contributed by atoms with Crippen LogP contribution in [0.15, 0.2) is 30.3 Å². The summed E-state index contributed by atoms with van der Waals surface area (Å²) in [5.74, 6) is 1.17. The van der Waals surface area contributed by atoms with Gasteiger partial charge in [-0.3, -0.25) is 14.6 Å². The van der Waals surface area contributed by atoms with Crippen LogP contribution in [0, 0.1) is 0 Å². The van der Waals surface area contributed by atoms with Gasteiger partial charge in [0.05, 0.1) is 7.11 Å². The Morgan fingerprint density at radius 2 is 1.88 bits per heavy atom. The first-order valence-corrected chi connectivity index (χ1v) is 9.51. The largest absolute Gasteiger partial charge is 0.497 e. The standard InChI is InChI=1S/C21H31N3O2/c1-22-14-12-21(11-10-20(22)25)17-24(16-15-23(21)2)13-4-5-18-6-8-19(26-3)9-7-18/h4-9H,10-17H2,1-3H3/b5-4+/t21-/m1/s1. The van der Waals surface area contributed by atoms with E-state index in [1.165, 1.54) is 5.56 Å². The lowest BCUT2D eigenvalue weighted by atomic mass is 9.86. The predicted octanol–water partition coefficient (Wildman–Crippen LogP) is 2.34. The van der Waals surface area contributed by atoms with Crippen molar-refractivity contribution in [3.8, 4) is 5.75 Å². The molecule has 142 valence electrons. The van der Waals surface area contributed by atoms with Crippen LogP contribution in [0.1, 0.15) is 24.8 Å². The fourth-order valence-electron chi connectivity index (χ4n) is 4.05. The first-order chi connectivity index (χ1) is 12.5. The second-order valence-corrected chi connectivity index (χ2v) is 7.62. The summed E-state index contributed by atoms with van der Waals surface area (Å²) in [6.45, 7) is 4.99. The average Bonchev–Trinajstić information content (AvgIpc) is 2.80. The molecule has 2 aliphatic rings. The Kier molecular flexibility index (Phi) is 5.99. The maximum atomic E-state index is 12.1. The fraction of sp³-hybridized carbons (Fsp3) is 0.571. The van der Waals surface area contributed by atoms with E-state index in [1.807, 2.05) is 24.1 Å². The Labute approximate surface area is 157 Å². The number of carbonyl (C=O) groups is 1. The molecule has 2 heterocycles. The van der Waals surface area contributed by atoms with E-state index in [9.17, 15) is 4.79 Å². The van der Waals surface area contributed by atoms with E-state index in [0.29, 0.717) is 6.42 Å². The van der Waals surface area contributed by atoms with E-state index >= 15 is 0 Å². The number of rotatable bonds is 4. The highest BCUT2D eigenvalue weighted by Gasteiger charge is 2.41. The molecule has 2 aliphatic heterocycles. The second kappa shape index (κ2) is 8.23. The number of nitrogens with zero attached hydrogens (tertiary/aromatic N) is 3. The number of carbonyl (C=O) groups excluding carboxylic acids is 1. The number of likely N-dealkylation sites (tertiary alicyclic amines) is 1. The number of hydrogen-bond acceptors (Lipinski definition) is 4. The molecule has 3 rings (SSSR count). The maximum Gasteiger partial charge on any atom is 0.222 e. The highest BCUT2D eigenvalue weighted by Crippen LogP contribution is 2.31. The quantitative estimate of drug-likeness (QED) is 0.829. The molecule has 2 saturated heterocycles. The van der Waals surface area contributed by atoms with Crippen LogP contribution in [-0.2, 0) is 4.79 Å². The lowest BCUT2D eigenvalue weighted by Gasteiger charge is -2.49. The average molecular weight is 357 g/mol. The van der Waals surface area contributed by atoms with E-state index < -0.39 is 0 Å². The number of hydrogen-bond donors (Lipinski definition) is 0. The monoisotopic (exact) mass is 357 g/mol. The number of likely N-dealkylation sites (N-methyl/N-ethyl adjacent to an activating group) is 1. The molecule has 0 aromatic heterocycles. The molecule has 26 heavy (non-hydrogen) atoms. The van der Waals surface area contributed by atoms with E-state index in [4.69, 9.17) is 4.74 Å².